The molecule has 1 atom stereocenters. The SMILES string of the molecule is NC1CCCCCCCCCCC1.NC1CCc2ccccc21. The summed E-state index contributed by atoms with van der Waals surface area (Å²) in [5.41, 5.74) is 14.7. The fourth-order valence-corrected chi connectivity index (χ4v) is 3.78. The molecule has 2 aliphatic rings. The van der Waals surface area contributed by atoms with E-state index in [1.54, 1.807) is 0 Å². The van der Waals surface area contributed by atoms with Crippen molar-refractivity contribution in [1.29, 1.82) is 0 Å². The van der Waals surface area contributed by atoms with Gasteiger partial charge in [0.15, 0.2) is 0 Å². The highest BCUT2D eigenvalue weighted by Gasteiger charge is 2.16. The van der Waals surface area contributed by atoms with Crippen LogP contribution in [-0.4, -0.2) is 6.04 Å². The molecule has 1 unspecified atom stereocenters. The van der Waals surface area contributed by atoms with Gasteiger partial charge in [0, 0.05) is 12.1 Å². The summed E-state index contributed by atoms with van der Waals surface area (Å²) in [7, 11) is 0. The molecule has 1 saturated carbocycles. The van der Waals surface area contributed by atoms with Crippen LogP contribution in [0.2, 0.25) is 0 Å². The molecule has 0 radical (unpaired) electrons. The number of hydrogen-bond donors (Lipinski definition) is 2. The van der Waals surface area contributed by atoms with Crippen molar-refractivity contribution in [2.75, 3.05) is 0 Å². The first-order valence-electron chi connectivity index (χ1n) is 9.86. The lowest BCUT2D eigenvalue weighted by Crippen LogP contribution is -2.19. The summed E-state index contributed by atoms with van der Waals surface area (Å²) in [5, 5.41) is 0. The minimum atomic E-state index is 0.302. The Morgan fingerprint density at radius 2 is 1.17 bits per heavy atom. The largest absolute Gasteiger partial charge is 0.328 e. The molecule has 2 nitrogen and oxygen atoms in total. The van der Waals surface area contributed by atoms with Crippen LogP contribution in [0.5, 0.6) is 0 Å². The summed E-state index contributed by atoms with van der Waals surface area (Å²) in [4.78, 5) is 0. The highest BCUT2D eigenvalue weighted by atomic mass is 14.6. The van der Waals surface area contributed by atoms with Gasteiger partial charge in [-0.1, -0.05) is 82.1 Å². The van der Waals surface area contributed by atoms with Gasteiger partial charge in [-0.15, -0.1) is 0 Å². The maximum absolute atomic E-state index is 6.01. The summed E-state index contributed by atoms with van der Waals surface area (Å²) in [6.45, 7) is 0. The molecular weight excluding hydrogens is 280 g/mol. The maximum Gasteiger partial charge on any atom is 0.0300 e. The van der Waals surface area contributed by atoms with Crippen LogP contribution >= 0.6 is 0 Å². The van der Waals surface area contributed by atoms with E-state index < -0.39 is 0 Å². The maximum atomic E-state index is 6.01. The van der Waals surface area contributed by atoms with Crippen LogP contribution in [0.15, 0.2) is 24.3 Å². The van der Waals surface area contributed by atoms with Crippen molar-refractivity contribution < 1.29 is 0 Å². The third kappa shape index (κ3) is 7.05. The number of benzene rings is 1. The zero-order valence-corrected chi connectivity index (χ0v) is 14.8. The number of aryl methyl sites for hydroxylation is 1. The Bertz CT molecular complexity index is 418. The third-order valence-corrected chi connectivity index (χ3v) is 5.33. The Balaban J connectivity index is 0.000000172. The highest BCUT2D eigenvalue weighted by molar-refractivity contribution is 5.33. The van der Waals surface area contributed by atoms with Crippen LogP contribution in [0.3, 0.4) is 0 Å². The van der Waals surface area contributed by atoms with Crippen molar-refractivity contribution in [3.8, 4) is 0 Å². The highest BCUT2D eigenvalue weighted by Crippen LogP contribution is 2.28. The fourth-order valence-electron chi connectivity index (χ4n) is 3.78. The lowest BCUT2D eigenvalue weighted by molar-refractivity contribution is 0.465. The smallest absolute Gasteiger partial charge is 0.0300 e. The fraction of sp³-hybridized carbons (Fsp3) is 0.714. The van der Waals surface area contributed by atoms with Crippen LogP contribution in [-0.2, 0) is 6.42 Å². The van der Waals surface area contributed by atoms with Gasteiger partial charge in [0.1, 0.15) is 0 Å². The van der Waals surface area contributed by atoms with Gasteiger partial charge in [-0.05, 0) is 36.8 Å². The molecule has 3 rings (SSSR count). The van der Waals surface area contributed by atoms with Gasteiger partial charge in [0.05, 0.1) is 0 Å². The molecule has 23 heavy (non-hydrogen) atoms. The molecule has 0 bridgehead atoms. The van der Waals surface area contributed by atoms with Crippen molar-refractivity contribution in [1.82, 2.24) is 0 Å². The molecule has 1 aromatic carbocycles. The van der Waals surface area contributed by atoms with E-state index in [1.807, 2.05) is 0 Å². The lowest BCUT2D eigenvalue weighted by Gasteiger charge is -2.12. The summed E-state index contributed by atoms with van der Waals surface area (Å²) >= 11 is 0. The Hall–Kier alpha value is -0.860. The van der Waals surface area contributed by atoms with Gasteiger partial charge >= 0.3 is 0 Å². The van der Waals surface area contributed by atoms with Crippen molar-refractivity contribution in [2.24, 2.45) is 11.5 Å². The second kappa shape index (κ2) is 10.8. The molecule has 1 fully saturated rings. The van der Waals surface area contributed by atoms with Crippen LogP contribution < -0.4 is 11.5 Å². The summed E-state index contributed by atoms with van der Waals surface area (Å²) in [6, 6.07) is 9.24. The Morgan fingerprint density at radius 1 is 0.652 bits per heavy atom. The predicted octanol–water partition coefficient (Wildman–Crippen LogP) is 5.25. The molecule has 0 aliphatic heterocycles. The summed E-state index contributed by atoms with van der Waals surface area (Å²) in [6.07, 6.45) is 17.6. The molecule has 0 amide bonds. The standard InChI is InChI=1S/C12H25N.C9H11N/c13-12-10-8-6-4-2-1-3-5-7-9-11-12;10-9-6-5-7-3-1-2-4-8(7)9/h12H,1-11,13H2;1-4,9H,5-6,10H2. The van der Waals surface area contributed by atoms with Crippen LogP contribution in [0.4, 0.5) is 0 Å². The molecule has 2 heteroatoms. The summed E-state index contributed by atoms with van der Waals surface area (Å²) < 4.78 is 0. The molecular formula is C21H36N2. The molecule has 0 spiro atoms. The molecule has 1 aromatic rings. The summed E-state index contributed by atoms with van der Waals surface area (Å²) in [5.74, 6) is 0. The van der Waals surface area contributed by atoms with E-state index >= 15 is 0 Å². The van der Waals surface area contributed by atoms with Crippen LogP contribution in [0.1, 0.15) is 94.2 Å². The monoisotopic (exact) mass is 316 g/mol. The third-order valence-electron chi connectivity index (χ3n) is 5.33. The van der Waals surface area contributed by atoms with Gasteiger partial charge < -0.3 is 11.5 Å². The topological polar surface area (TPSA) is 52.0 Å². The van der Waals surface area contributed by atoms with E-state index in [-0.39, 0.29) is 0 Å². The Labute approximate surface area is 143 Å². The molecule has 0 saturated heterocycles. The zero-order valence-electron chi connectivity index (χ0n) is 14.8. The van der Waals surface area contributed by atoms with Crippen molar-refractivity contribution in [3.05, 3.63) is 35.4 Å². The van der Waals surface area contributed by atoms with Gasteiger partial charge in [-0.25, -0.2) is 0 Å². The molecule has 0 aromatic heterocycles. The van der Waals surface area contributed by atoms with E-state index in [4.69, 9.17) is 11.5 Å². The van der Waals surface area contributed by atoms with Gasteiger partial charge in [-0.2, -0.15) is 0 Å². The molecule has 0 heterocycles. The number of hydrogen-bond acceptors (Lipinski definition) is 2. The number of fused-ring (bicyclic) bond motifs is 1. The van der Waals surface area contributed by atoms with Gasteiger partial charge in [-0.3, -0.25) is 0 Å². The lowest BCUT2D eigenvalue weighted by atomic mass is 9.99. The molecule has 2 aliphatic carbocycles. The molecule has 4 N–H and O–H groups in total. The first kappa shape index (κ1) is 18.5. The minimum Gasteiger partial charge on any atom is -0.328 e. The second-order valence-corrected chi connectivity index (χ2v) is 7.36. The molecule has 130 valence electrons. The minimum absolute atomic E-state index is 0.302. The number of nitrogens with two attached hydrogens (primary N) is 2. The Morgan fingerprint density at radius 3 is 1.74 bits per heavy atom. The van der Waals surface area contributed by atoms with E-state index in [0.717, 1.165) is 12.8 Å². The average molecular weight is 317 g/mol. The average Bonchev–Trinajstić information content (AvgIpc) is 2.93. The van der Waals surface area contributed by atoms with E-state index in [0.29, 0.717) is 12.1 Å². The van der Waals surface area contributed by atoms with Crippen LogP contribution in [0.25, 0.3) is 0 Å². The van der Waals surface area contributed by atoms with Crippen molar-refractivity contribution in [2.45, 2.75) is 95.6 Å². The zero-order chi connectivity index (χ0) is 16.3. The first-order valence-corrected chi connectivity index (χ1v) is 9.86. The second-order valence-electron chi connectivity index (χ2n) is 7.36. The van der Waals surface area contributed by atoms with Gasteiger partial charge in [0.2, 0.25) is 0 Å². The normalized spacial score (nSPS) is 23.8. The number of rotatable bonds is 0. The quantitative estimate of drug-likeness (QED) is 0.686. The van der Waals surface area contributed by atoms with E-state index in [9.17, 15) is 0 Å². The van der Waals surface area contributed by atoms with Gasteiger partial charge in [0.25, 0.3) is 0 Å². The van der Waals surface area contributed by atoms with Crippen molar-refractivity contribution in [3.63, 3.8) is 0 Å². The van der Waals surface area contributed by atoms with E-state index in [1.165, 1.54) is 81.8 Å². The predicted molar refractivity (Wildman–Crippen MR) is 100 cm³/mol. The van der Waals surface area contributed by atoms with Crippen LogP contribution in [0, 0.1) is 0 Å². The Kier molecular flexibility index (Phi) is 8.70. The van der Waals surface area contributed by atoms with Crippen molar-refractivity contribution >= 4 is 0 Å². The first-order chi connectivity index (χ1) is 11.3. The van der Waals surface area contributed by atoms with E-state index in [2.05, 4.69) is 24.3 Å².